The summed E-state index contributed by atoms with van der Waals surface area (Å²) in [7, 11) is 0. The minimum Gasteiger partial charge on any atom is -0.393 e. The number of halogens is 1. The third-order valence-electron chi connectivity index (χ3n) is 2.33. The van der Waals surface area contributed by atoms with Gasteiger partial charge in [0.25, 0.3) is 0 Å². The normalized spacial score (nSPS) is 15.2. The Kier molecular flexibility index (Phi) is 3.64. The second kappa shape index (κ2) is 4.56. The number of aliphatic hydroxyl groups is 1. The Morgan fingerprint density at radius 1 is 1.29 bits per heavy atom. The molecule has 0 amide bonds. The molecule has 0 bridgehead atoms. The Hall–Kier alpha value is -0.890. The van der Waals surface area contributed by atoms with Crippen LogP contribution in [0.4, 0.5) is 4.39 Å². The van der Waals surface area contributed by atoms with Crippen LogP contribution < -0.4 is 0 Å². The molecule has 2 heteroatoms. The summed E-state index contributed by atoms with van der Waals surface area (Å²) in [6, 6.07) is 5.02. The van der Waals surface area contributed by atoms with E-state index >= 15 is 0 Å². The molecule has 0 fully saturated rings. The van der Waals surface area contributed by atoms with Crippen LogP contribution in [-0.4, -0.2) is 11.2 Å². The van der Waals surface area contributed by atoms with Gasteiger partial charge in [-0.25, -0.2) is 4.39 Å². The first kappa shape index (κ1) is 11.2. The standard InChI is InChI=1S/C12H17FO/c1-8-4-11(7-12(13)5-8)9(2)6-10(3)14/h4-5,7,9-10,14H,6H2,1-3H3. The van der Waals surface area contributed by atoms with Crippen molar-refractivity contribution in [2.45, 2.75) is 39.2 Å². The summed E-state index contributed by atoms with van der Waals surface area (Å²) in [5.74, 6) is 0.00171. The molecule has 78 valence electrons. The van der Waals surface area contributed by atoms with Gasteiger partial charge in [-0.3, -0.25) is 0 Å². The molecule has 1 nitrogen and oxygen atoms in total. The average molecular weight is 196 g/mol. The van der Waals surface area contributed by atoms with Gasteiger partial charge < -0.3 is 5.11 Å². The molecule has 1 aromatic rings. The van der Waals surface area contributed by atoms with E-state index in [0.29, 0.717) is 6.42 Å². The summed E-state index contributed by atoms with van der Waals surface area (Å²) in [5.41, 5.74) is 1.89. The fraction of sp³-hybridized carbons (Fsp3) is 0.500. The molecule has 1 aromatic carbocycles. The van der Waals surface area contributed by atoms with Crippen molar-refractivity contribution in [3.8, 4) is 0 Å². The molecule has 1 N–H and O–H groups in total. The van der Waals surface area contributed by atoms with Crippen LogP contribution in [0.5, 0.6) is 0 Å². The van der Waals surface area contributed by atoms with Crippen molar-refractivity contribution in [3.05, 3.63) is 35.1 Å². The van der Waals surface area contributed by atoms with Gasteiger partial charge >= 0.3 is 0 Å². The average Bonchev–Trinajstić information content (AvgIpc) is 2.00. The Labute approximate surface area is 84.6 Å². The highest BCUT2D eigenvalue weighted by atomic mass is 19.1. The lowest BCUT2D eigenvalue weighted by Gasteiger charge is -2.14. The van der Waals surface area contributed by atoms with Crippen LogP contribution in [0.25, 0.3) is 0 Å². The van der Waals surface area contributed by atoms with Gasteiger partial charge in [-0.05, 0) is 49.4 Å². The smallest absolute Gasteiger partial charge is 0.123 e. The Balaban J connectivity index is 2.84. The third-order valence-corrected chi connectivity index (χ3v) is 2.33. The number of hydrogen-bond donors (Lipinski definition) is 1. The molecular weight excluding hydrogens is 179 g/mol. The van der Waals surface area contributed by atoms with Gasteiger partial charge in [-0.15, -0.1) is 0 Å². The van der Waals surface area contributed by atoms with Gasteiger partial charge in [0.2, 0.25) is 0 Å². The van der Waals surface area contributed by atoms with Crippen LogP contribution in [0.1, 0.15) is 37.3 Å². The van der Waals surface area contributed by atoms with E-state index in [4.69, 9.17) is 0 Å². The first-order valence-corrected chi connectivity index (χ1v) is 4.94. The molecule has 0 saturated heterocycles. The van der Waals surface area contributed by atoms with E-state index < -0.39 is 0 Å². The largest absolute Gasteiger partial charge is 0.393 e. The molecule has 2 atom stereocenters. The number of hydrogen-bond acceptors (Lipinski definition) is 1. The van der Waals surface area contributed by atoms with Gasteiger partial charge in [0.15, 0.2) is 0 Å². The molecule has 0 heterocycles. The predicted molar refractivity (Wildman–Crippen MR) is 55.8 cm³/mol. The molecule has 0 saturated carbocycles. The molecule has 1 rings (SSSR count). The molecule has 0 aliphatic carbocycles. The topological polar surface area (TPSA) is 20.2 Å². The van der Waals surface area contributed by atoms with Crippen molar-refractivity contribution in [1.82, 2.24) is 0 Å². The highest BCUT2D eigenvalue weighted by Gasteiger charge is 2.09. The SMILES string of the molecule is Cc1cc(F)cc(C(C)CC(C)O)c1. The Morgan fingerprint density at radius 2 is 1.93 bits per heavy atom. The Bertz CT molecular complexity index is 287. The molecule has 0 spiro atoms. The summed E-state index contributed by atoms with van der Waals surface area (Å²) in [4.78, 5) is 0. The molecule has 0 radical (unpaired) electrons. The zero-order valence-corrected chi connectivity index (χ0v) is 8.92. The quantitative estimate of drug-likeness (QED) is 0.788. The second-order valence-electron chi connectivity index (χ2n) is 4.05. The molecular formula is C12H17FO. The summed E-state index contributed by atoms with van der Waals surface area (Å²) >= 11 is 0. The molecule has 14 heavy (non-hydrogen) atoms. The van der Waals surface area contributed by atoms with Gasteiger partial charge in [-0.1, -0.05) is 13.0 Å². The van der Waals surface area contributed by atoms with Crippen LogP contribution in [-0.2, 0) is 0 Å². The lowest BCUT2D eigenvalue weighted by molar-refractivity contribution is 0.176. The van der Waals surface area contributed by atoms with Crippen molar-refractivity contribution in [2.75, 3.05) is 0 Å². The van der Waals surface area contributed by atoms with Crippen molar-refractivity contribution >= 4 is 0 Å². The summed E-state index contributed by atoms with van der Waals surface area (Å²) in [6.07, 6.45) is 0.330. The van der Waals surface area contributed by atoms with Crippen LogP contribution in [0.15, 0.2) is 18.2 Å². The van der Waals surface area contributed by atoms with E-state index in [1.807, 2.05) is 19.9 Å². The Morgan fingerprint density at radius 3 is 2.43 bits per heavy atom. The van der Waals surface area contributed by atoms with E-state index in [0.717, 1.165) is 11.1 Å². The van der Waals surface area contributed by atoms with Crippen LogP contribution in [0.2, 0.25) is 0 Å². The van der Waals surface area contributed by atoms with Crippen LogP contribution in [0, 0.1) is 12.7 Å². The minimum atomic E-state index is -0.339. The van der Waals surface area contributed by atoms with Crippen molar-refractivity contribution in [2.24, 2.45) is 0 Å². The monoisotopic (exact) mass is 196 g/mol. The molecule has 2 unspecified atom stereocenters. The lowest BCUT2D eigenvalue weighted by Crippen LogP contribution is -2.06. The van der Waals surface area contributed by atoms with Crippen molar-refractivity contribution in [1.29, 1.82) is 0 Å². The summed E-state index contributed by atoms with van der Waals surface area (Å²) in [6.45, 7) is 5.63. The van der Waals surface area contributed by atoms with E-state index in [2.05, 4.69) is 0 Å². The number of aryl methyl sites for hydroxylation is 1. The summed E-state index contributed by atoms with van der Waals surface area (Å²) < 4.78 is 13.1. The number of rotatable bonds is 3. The number of aliphatic hydroxyl groups excluding tert-OH is 1. The third kappa shape index (κ3) is 3.11. The first-order chi connectivity index (χ1) is 6.49. The van der Waals surface area contributed by atoms with Crippen LogP contribution in [0.3, 0.4) is 0 Å². The van der Waals surface area contributed by atoms with E-state index in [9.17, 15) is 9.50 Å². The maximum Gasteiger partial charge on any atom is 0.123 e. The highest BCUT2D eigenvalue weighted by molar-refractivity contribution is 5.26. The fourth-order valence-corrected chi connectivity index (χ4v) is 1.70. The fourth-order valence-electron chi connectivity index (χ4n) is 1.70. The van der Waals surface area contributed by atoms with Gasteiger partial charge in [0.1, 0.15) is 5.82 Å². The van der Waals surface area contributed by atoms with E-state index in [1.165, 1.54) is 6.07 Å². The summed E-state index contributed by atoms with van der Waals surface area (Å²) in [5, 5.41) is 9.23. The second-order valence-corrected chi connectivity index (χ2v) is 4.05. The lowest BCUT2D eigenvalue weighted by atomic mass is 9.94. The van der Waals surface area contributed by atoms with Gasteiger partial charge in [0.05, 0.1) is 6.10 Å². The molecule has 0 aromatic heterocycles. The zero-order chi connectivity index (χ0) is 10.7. The molecule has 0 aliphatic heterocycles. The van der Waals surface area contributed by atoms with Gasteiger partial charge in [-0.2, -0.15) is 0 Å². The molecule has 0 aliphatic rings. The minimum absolute atomic E-state index is 0.197. The van der Waals surface area contributed by atoms with E-state index in [1.54, 1.807) is 13.0 Å². The van der Waals surface area contributed by atoms with Gasteiger partial charge in [0, 0.05) is 0 Å². The van der Waals surface area contributed by atoms with Crippen molar-refractivity contribution < 1.29 is 9.50 Å². The van der Waals surface area contributed by atoms with Crippen LogP contribution >= 0.6 is 0 Å². The maximum atomic E-state index is 13.1. The highest BCUT2D eigenvalue weighted by Crippen LogP contribution is 2.22. The van der Waals surface area contributed by atoms with Crippen molar-refractivity contribution in [3.63, 3.8) is 0 Å². The zero-order valence-electron chi connectivity index (χ0n) is 8.92. The first-order valence-electron chi connectivity index (χ1n) is 4.94. The maximum absolute atomic E-state index is 13.1. The predicted octanol–water partition coefficient (Wildman–Crippen LogP) is 3.01. The van der Waals surface area contributed by atoms with E-state index in [-0.39, 0.29) is 17.8 Å². The number of benzene rings is 1.